The minimum absolute atomic E-state index is 0.191. The Kier molecular flexibility index (Phi) is 4.43. The number of aryl methyl sites for hydroxylation is 1. The second kappa shape index (κ2) is 5.94. The average Bonchev–Trinajstić information content (AvgIpc) is 2.43. The Hall–Kier alpha value is -1.74. The van der Waals surface area contributed by atoms with Gasteiger partial charge in [0.25, 0.3) is 0 Å². The highest BCUT2D eigenvalue weighted by Gasteiger charge is 2.29. The molecule has 2 N–H and O–H groups in total. The van der Waals surface area contributed by atoms with Crippen LogP contribution in [0.4, 0.5) is 8.78 Å². The number of nitrogens with two attached hydrogens (primary N) is 1. The van der Waals surface area contributed by atoms with Crippen molar-refractivity contribution < 1.29 is 8.78 Å². The molecule has 0 amide bonds. The molecule has 0 aliphatic heterocycles. The first-order valence-electron chi connectivity index (χ1n) is 7.07. The van der Waals surface area contributed by atoms with E-state index in [0.29, 0.717) is 6.42 Å². The highest BCUT2D eigenvalue weighted by Crippen LogP contribution is 2.28. The lowest BCUT2D eigenvalue weighted by Gasteiger charge is -2.32. The fourth-order valence-electron chi connectivity index (χ4n) is 2.45. The van der Waals surface area contributed by atoms with E-state index in [0.717, 1.165) is 16.7 Å². The standard InChI is InChI=1S/C18H21F2N/c1-12-4-7-16(20)10-13(12)11-17(21)18(2,3)14-5-8-15(19)9-6-14/h4-10,17H,11,21H2,1-3H3. The van der Waals surface area contributed by atoms with Crippen LogP contribution in [0, 0.1) is 18.6 Å². The van der Waals surface area contributed by atoms with E-state index in [4.69, 9.17) is 5.73 Å². The summed E-state index contributed by atoms with van der Waals surface area (Å²) in [4.78, 5) is 0. The highest BCUT2D eigenvalue weighted by atomic mass is 19.1. The SMILES string of the molecule is Cc1ccc(F)cc1CC(N)C(C)(C)c1ccc(F)cc1. The largest absolute Gasteiger partial charge is 0.327 e. The Morgan fingerprint density at radius 1 is 1.00 bits per heavy atom. The first-order chi connectivity index (χ1) is 9.80. The molecule has 2 aromatic carbocycles. The van der Waals surface area contributed by atoms with E-state index in [1.165, 1.54) is 24.3 Å². The normalized spacial score (nSPS) is 13.2. The van der Waals surface area contributed by atoms with Gasteiger partial charge in [-0.25, -0.2) is 8.78 Å². The van der Waals surface area contributed by atoms with E-state index in [2.05, 4.69) is 0 Å². The maximum Gasteiger partial charge on any atom is 0.123 e. The monoisotopic (exact) mass is 289 g/mol. The van der Waals surface area contributed by atoms with Crippen LogP contribution in [0.3, 0.4) is 0 Å². The summed E-state index contributed by atoms with van der Waals surface area (Å²) in [5.41, 5.74) is 8.95. The van der Waals surface area contributed by atoms with Crippen LogP contribution < -0.4 is 5.73 Å². The number of rotatable bonds is 4. The third kappa shape index (κ3) is 3.48. The van der Waals surface area contributed by atoms with E-state index in [1.54, 1.807) is 18.2 Å². The minimum Gasteiger partial charge on any atom is -0.327 e. The molecular formula is C18H21F2N. The lowest BCUT2D eigenvalue weighted by molar-refractivity contribution is 0.405. The lowest BCUT2D eigenvalue weighted by Crippen LogP contribution is -2.42. The van der Waals surface area contributed by atoms with Crippen LogP contribution in [0.25, 0.3) is 0 Å². The van der Waals surface area contributed by atoms with Crippen molar-refractivity contribution in [3.05, 3.63) is 70.8 Å². The second-order valence-corrected chi connectivity index (χ2v) is 6.11. The second-order valence-electron chi connectivity index (χ2n) is 6.11. The van der Waals surface area contributed by atoms with E-state index >= 15 is 0 Å². The number of hydrogen-bond donors (Lipinski definition) is 1. The highest BCUT2D eigenvalue weighted by molar-refractivity contribution is 5.31. The first-order valence-corrected chi connectivity index (χ1v) is 7.07. The number of benzene rings is 2. The van der Waals surface area contributed by atoms with Gasteiger partial charge in [-0.3, -0.25) is 0 Å². The van der Waals surface area contributed by atoms with Crippen molar-refractivity contribution in [2.75, 3.05) is 0 Å². The van der Waals surface area contributed by atoms with Gasteiger partial charge < -0.3 is 5.73 Å². The fraction of sp³-hybridized carbons (Fsp3) is 0.333. The van der Waals surface area contributed by atoms with Crippen molar-refractivity contribution in [2.45, 2.75) is 38.6 Å². The zero-order chi connectivity index (χ0) is 15.6. The van der Waals surface area contributed by atoms with Gasteiger partial charge in [-0.05, 0) is 54.3 Å². The molecule has 1 atom stereocenters. The summed E-state index contributed by atoms with van der Waals surface area (Å²) in [6.45, 7) is 6.01. The van der Waals surface area contributed by atoms with Crippen molar-refractivity contribution in [1.82, 2.24) is 0 Å². The van der Waals surface area contributed by atoms with Gasteiger partial charge in [0.2, 0.25) is 0 Å². The van der Waals surface area contributed by atoms with Gasteiger partial charge in [-0.1, -0.05) is 32.0 Å². The van der Waals surface area contributed by atoms with Gasteiger partial charge in [0.1, 0.15) is 11.6 Å². The van der Waals surface area contributed by atoms with E-state index in [-0.39, 0.29) is 23.1 Å². The van der Waals surface area contributed by atoms with Crippen LogP contribution in [-0.2, 0) is 11.8 Å². The van der Waals surface area contributed by atoms with Crippen LogP contribution in [0.1, 0.15) is 30.5 Å². The van der Waals surface area contributed by atoms with Crippen molar-refractivity contribution in [1.29, 1.82) is 0 Å². The van der Waals surface area contributed by atoms with Crippen molar-refractivity contribution in [3.8, 4) is 0 Å². The summed E-state index contributed by atoms with van der Waals surface area (Å²) >= 11 is 0. The predicted molar refractivity (Wildman–Crippen MR) is 82.2 cm³/mol. The molecule has 3 heteroatoms. The van der Waals surface area contributed by atoms with Crippen molar-refractivity contribution in [3.63, 3.8) is 0 Å². The smallest absolute Gasteiger partial charge is 0.123 e. The molecule has 1 nitrogen and oxygen atoms in total. The fourth-order valence-corrected chi connectivity index (χ4v) is 2.45. The molecule has 0 bridgehead atoms. The molecule has 0 saturated carbocycles. The van der Waals surface area contributed by atoms with Gasteiger partial charge >= 0.3 is 0 Å². The molecule has 0 aromatic heterocycles. The molecule has 0 aliphatic carbocycles. The molecular weight excluding hydrogens is 268 g/mol. The molecule has 0 aliphatic rings. The van der Waals surface area contributed by atoms with Crippen molar-refractivity contribution >= 4 is 0 Å². The summed E-state index contributed by atoms with van der Waals surface area (Å²) in [6.07, 6.45) is 0.577. The van der Waals surface area contributed by atoms with E-state index in [1.807, 2.05) is 20.8 Å². The van der Waals surface area contributed by atoms with Crippen molar-refractivity contribution in [2.24, 2.45) is 5.73 Å². The Morgan fingerprint density at radius 2 is 1.57 bits per heavy atom. The average molecular weight is 289 g/mol. The summed E-state index contributed by atoms with van der Waals surface area (Å²) in [6, 6.07) is 11.0. The Bertz CT molecular complexity index is 618. The zero-order valence-corrected chi connectivity index (χ0v) is 12.7. The Morgan fingerprint density at radius 3 is 2.19 bits per heavy atom. The third-order valence-electron chi connectivity index (χ3n) is 4.27. The van der Waals surface area contributed by atoms with Gasteiger partial charge in [0.05, 0.1) is 0 Å². The topological polar surface area (TPSA) is 26.0 Å². The summed E-state index contributed by atoms with van der Waals surface area (Å²) in [7, 11) is 0. The quantitative estimate of drug-likeness (QED) is 0.900. The molecule has 0 radical (unpaired) electrons. The van der Waals surface area contributed by atoms with Crippen LogP contribution >= 0.6 is 0 Å². The molecule has 21 heavy (non-hydrogen) atoms. The van der Waals surface area contributed by atoms with Gasteiger partial charge in [0.15, 0.2) is 0 Å². The Labute approximate surface area is 124 Å². The summed E-state index contributed by atoms with van der Waals surface area (Å²) in [5, 5.41) is 0. The Balaban J connectivity index is 2.23. The third-order valence-corrected chi connectivity index (χ3v) is 4.27. The van der Waals surface area contributed by atoms with E-state index < -0.39 is 0 Å². The predicted octanol–water partition coefficient (Wildman–Crippen LogP) is 4.12. The van der Waals surface area contributed by atoms with E-state index in [9.17, 15) is 8.78 Å². The van der Waals surface area contributed by atoms with Crippen LogP contribution in [-0.4, -0.2) is 6.04 Å². The molecule has 0 fully saturated rings. The van der Waals surface area contributed by atoms with Gasteiger partial charge in [-0.15, -0.1) is 0 Å². The summed E-state index contributed by atoms with van der Waals surface area (Å²) in [5.74, 6) is -0.508. The van der Waals surface area contributed by atoms with Crippen LogP contribution in [0.2, 0.25) is 0 Å². The molecule has 2 rings (SSSR count). The lowest BCUT2D eigenvalue weighted by atomic mass is 9.75. The van der Waals surface area contributed by atoms with Crippen LogP contribution in [0.15, 0.2) is 42.5 Å². The first kappa shape index (κ1) is 15.6. The molecule has 2 aromatic rings. The maximum absolute atomic E-state index is 13.4. The zero-order valence-electron chi connectivity index (χ0n) is 12.7. The summed E-state index contributed by atoms with van der Waals surface area (Å²) < 4.78 is 26.4. The van der Waals surface area contributed by atoms with Gasteiger partial charge in [0, 0.05) is 11.5 Å². The molecule has 112 valence electrons. The number of hydrogen-bond acceptors (Lipinski definition) is 1. The minimum atomic E-state index is -0.327. The molecule has 0 saturated heterocycles. The molecule has 1 unspecified atom stereocenters. The number of halogens is 2. The van der Waals surface area contributed by atoms with Crippen LogP contribution in [0.5, 0.6) is 0 Å². The molecule has 0 spiro atoms. The van der Waals surface area contributed by atoms with Gasteiger partial charge in [-0.2, -0.15) is 0 Å². The maximum atomic E-state index is 13.4. The molecule has 0 heterocycles.